The molecule has 0 radical (unpaired) electrons. The van der Waals surface area contributed by atoms with Crippen molar-refractivity contribution in [2.75, 3.05) is 13.7 Å². The van der Waals surface area contributed by atoms with Gasteiger partial charge >= 0.3 is 0 Å². The normalized spacial score (nSPS) is 13.4. The van der Waals surface area contributed by atoms with Crippen LogP contribution in [0.2, 0.25) is 0 Å². The van der Waals surface area contributed by atoms with E-state index in [0.29, 0.717) is 6.61 Å². The average molecular weight is 402 g/mol. The van der Waals surface area contributed by atoms with Gasteiger partial charge in [0.15, 0.2) is 11.5 Å². The van der Waals surface area contributed by atoms with Crippen LogP contribution in [0.3, 0.4) is 0 Å². The summed E-state index contributed by atoms with van der Waals surface area (Å²) in [5, 5.41) is 3.55. The molecule has 1 aliphatic rings. The lowest BCUT2D eigenvalue weighted by Crippen LogP contribution is -2.15. The molecular formula is C24H32ClNO2. The van der Waals surface area contributed by atoms with Gasteiger partial charge in [-0.05, 0) is 68.8 Å². The SMILES string of the molecule is COc1cc(CNCCC2=CCCCC2)ccc1OCc1cccc(C)c1.Cl. The van der Waals surface area contributed by atoms with Gasteiger partial charge in [0.2, 0.25) is 0 Å². The van der Waals surface area contributed by atoms with Crippen molar-refractivity contribution < 1.29 is 9.47 Å². The van der Waals surface area contributed by atoms with E-state index in [9.17, 15) is 0 Å². The minimum atomic E-state index is 0. The molecule has 2 aromatic rings. The van der Waals surface area contributed by atoms with Gasteiger partial charge in [-0.25, -0.2) is 0 Å². The molecule has 28 heavy (non-hydrogen) atoms. The summed E-state index contributed by atoms with van der Waals surface area (Å²) in [7, 11) is 1.70. The van der Waals surface area contributed by atoms with Crippen LogP contribution >= 0.6 is 12.4 Å². The molecule has 0 heterocycles. The Hall–Kier alpha value is -1.97. The lowest BCUT2D eigenvalue weighted by Gasteiger charge is -2.14. The first-order valence-electron chi connectivity index (χ1n) is 9.98. The number of nitrogens with one attached hydrogen (secondary N) is 1. The van der Waals surface area contributed by atoms with Gasteiger partial charge in [-0.1, -0.05) is 47.5 Å². The molecule has 0 saturated carbocycles. The molecule has 1 aliphatic carbocycles. The summed E-state index contributed by atoms with van der Waals surface area (Å²) in [6, 6.07) is 14.6. The standard InChI is InChI=1S/C24H31NO2.ClH/c1-19-7-6-10-22(15-19)18-27-23-12-11-21(16-24(23)26-2)17-25-14-13-20-8-4-3-5-9-20;/h6-8,10-12,15-16,25H,3-5,9,13-14,17-18H2,1-2H3;1H. The van der Waals surface area contributed by atoms with Crippen molar-refractivity contribution in [1.29, 1.82) is 0 Å². The van der Waals surface area contributed by atoms with Crippen molar-refractivity contribution in [3.05, 3.63) is 70.8 Å². The van der Waals surface area contributed by atoms with Crippen LogP contribution in [-0.4, -0.2) is 13.7 Å². The van der Waals surface area contributed by atoms with Gasteiger partial charge in [0.05, 0.1) is 7.11 Å². The summed E-state index contributed by atoms with van der Waals surface area (Å²) in [5.74, 6) is 1.58. The van der Waals surface area contributed by atoms with Crippen LogP contribution in [-0.2, 0) is 13.2 Å². The molecular weight excluding hydrogens is 370 g/mol. The summed E-state index contributed by atoms with van der Waals surface area (Å²) in [5.41, 5.74) is 5.24. The summed E-state index contributed by atoms with van der Waals surface area (Å²) in [6.45, 7) is 4.52. The molecule has 3 nitrogen and oxygen atoms in total. The van der Waals surface area contributed by atoms with Crippen LogP contribution in [0.5, 0.6) is 11.5 Å². The molecule has 152 valence electrons. The first kappa shape index (κ1) is 22.3. The summed E-state index contributed by atoms with van der Waals surface area (Å²) in [6.07, 6.45) is 8.84. The molecule has 0 unspecified atom stereocenters. The summed E-state index contributed by atoms with van der Waals surface area (Å²) >= 11 is 0. The van der Waals surface area contributed by atoms with Crippen molar-refractivity contribution in [3.63, 3.8) is 0 Å². The molecule has 0 aromatic heterocycles. The molecule has 0 fully saturated rings. The number of rotatable bonds is 9. The van der Waals surface area contributed by atoms with Gasteiger partial charge in [-0.3, -0.25) is 0 Å². The maximum atomic E-state index is 5.98. The number of ether oxygens (including phenoxy) is 2. The van der Waals surface area contributed by atoms with E-state index < -0.39 is 0 Å². The molecule has 0 saturated heterocycles. The number of benzene rings is 2. The molecule has 0 bridgehead atoms. The fourth-order valence-electron chi connectivity index (χ4n) is 3.52. The van der Waals surface area contributed by atoms with Crippen LogP contribution in [0.1, 0.15) is 48.8 Å². The Balaban J connectivity index is 0.00000280. The monoisotopic (exact) mass is 401 g/mol. The Morgan fingerprint density at radius 3 is 2.64 bits per heavy atom. The third-order valence-corrected chi connectivity index (χ3v) is 5.04. The van der Waals surface area contributed by atoms with E-state index in [2.05, 4.69) is 54.7 Å². The van der Waals surface area contributed by atoms with Gasteiger partial charge in [-0.2, -0.15) is 0 Å². The Bertz CT molecular complexity index is 773. The fourth-order valence-corrected chi connectivity index (χ4v) is 3.52. The van der Waals surface area contributed by atoms with Gasteiger partial charge < -0.3 is 14.8 Å². The van der Waals surface area contributed by atoms with E-state index in [0.717, 1.165) is 31.0 Å². The number of aryl methyl sites for hydroxylation is 1. The van der Waals surface area contributed by atoms with Crippen LogP contribution in [0, 0.1) is 6.92 Å². The van der Waals surface area contributed by atoms with Crippen LogP contribution < -0.4 is 14.8 Å². The quantitative estimate of drug-likeness (QED) is 0.413. The second kappa shape index (κ2) is 11.8. The Kier molecular flexibility index (Phi) is 9.39. The first-order chi connectivity index (χ1) is 13.2. The highest BCUT2D eigenvalue weighted by atomic mass is 35.5. The zero-order valence-corrected chi connectivity index (χ0v) is 17.8. The average Bonchev–Trinajstić information content (AvgIpc) is 2.71. The van der Waals surface area contributed by atoms with E-state index >= 15 is 0 Å². The lowest BCUT2D eigenvalue weighted by molar-refractivity contribution is 0.284. The summed E-state index contributed by atoms with van der Waals surface area (Å²) < 4.78 is 11.5. The highest BCUT2D eigenvalue weighted by Gasteiger charge is 2.07. The smallest absolute Gasteiger partial charge is 0.161 e. The van der Waals surface area contributed by atoms with Crippen LogP contribution in [0.4, 0.5) is 0 Å². The van der Waals surface area contributed by atoms with Crippen molar-refractivity contribution >= 4 is 12.4 Å². The number of hydrogen-bond acceptors (Lipinski definition) is 3. The zero-order chi connectivity index (χ0) is 18.9. The maximum Gasteiger partial charge on any atom is 0.161 e. The molecule has 0 spiro atoms. The number of allylic oxidation sites excluding steroid dienone is 1. The molecule has 0 aliphatic heterocycles. The Morgan fingerprint density at radius 2 is 1.89 bits per heavy atom. The molecule has 1 N–H and O–H groups in total. The number of methoxy groups -OCH3 is 1. The lowest BCUT2D eigenvalue weighted by atomic mass is 9.97. The van der Waals surface area contributed by atoms with Crippen LogP contribution in [0.15, 0.2) is 54.1 Å². The largest absolute Gasteiger partial charge is 0.493 e. The third-order valence-electron chi connectivity index (χ3n) is 5.04. The van der Waals surface area contributed by atoms with E-state index in [1.54, 1.807) is 12.7 Å². The molecule has 2 aromatic carbocycles. The van der Waals surface area contributed by atoms with Crippen LogP contribution in [0.25, 0.3) is 0 Å². The maximum absolute atomic E-state index is 5.98. The van der Waals surface area contributed by atoms with E-state index in [1.165, 1.54) is 42.4 Å². The molecule has 0 atom stereocenters. The van der Waals surface area contributed by atoms with E-state index in [-0.39, 0.29) is 12.4 Å². The second-order valence-electron chi connectivity index (χ2n) is 7.30. The minimum Gasteiger partial charge on any atom is -0.493 e. The highest BCUT2D eigenvalue weighted by molar-refractivity contribution is 5.85. The van der Waals surface area contributed by atoms with E-state index in [1.807, 2.05) is 6.07 Å². The van der Waals surface area contributed by atoms with Crippen molar-refractivity contribution in [2.45, 2.75) is 52.2 Å². The predicted molar refractivity (Wildman–Crippen MR) is 119 cm³/mol. The van der Waals surface area contributed by atoms with Gasteiger partial charge in [-0.15, -0.1) is 12.4 Å². The van der Waals surface area contributed by atoms with Crippen molar-refractivity contribution in [1.82, 2.24) is 5.32 Å². The first-order valence-corrected chi connectivity index (χ1v) is 9.98. The fraction of sp³-hybridized carbons (Fsp3) is 0.417. The topological polar surface area (TPSA) is 30.5 Å². The van der Waals surface area contributed by atoms with Gasteiger partial charge in [0.1, 0.15) is 6.61 Å². The van der Waals surface area contributed by atoms with Gasteiger partial charge in [0.25, 0.3) is 0 Å². The minimum absolute atomic E-state index is 0. The Labute approximate surface area is 175 Å². The summed E-state index contributed by atoms with van der Waals surface area (Å²) in [4.78, 5) is 0. The molecule has 3 rings (SSSR count). The molecule has 4 heteroatoms. The van der Waals surface area contributed by atoms with Crippen molar-refractivity contribution in [2.24, 2.45) is 0 Å². The zero-order valence-electron chi connectivity index (χ0n) is 17.0. The van der Waals surface area contributed by atoms with E-state index in [4.69, 9.17) is 9.47 Å². The predicted octanol–water partition coefficient (Wildman–Crippen LogP) is 5.98. The van der Waals surface area contributed by atoms with Gasteiger partial charge in [0, 0.05) is 6.54 Å². The molecule has 0 amide bonds. The number of halogens is 1. The van der Waals surface area contributed by atoms with Crippen molar-refractivity contribution in [3.8, 4) is 11.5 Å². The second-order valence-corrected chi connectivity index (χ2v) is 7.30. The highest BCUT2D eigenvalue weighted by Crippen LogP contribution is 2.29. The number of hydrogen-bond donors (Lipinski definition) is 1. The third kappa shape index (κ3) is 6.88. The Morgan fingerprint density at radius 1 is 1.00 bits per heavy atom.